The van der Waals surface area contributed by atoms with Gasteiger partial charge in [-0.2, -0.15) is 0 Å². The molecule has 0 aliphatic rings. The fourth-order valence-electron chi connectivity index (χ4n) is 1.93. The Morgan fingerprint density at radius 1 is 1.18 bits per heavy atom. The molecule has 0 unspecified atom stereocenters. The first-order chi connectivity index (χ1) is 10.5. The average molecular weight is 300 g/mol. The number of ether oxygens (including phenoxy) is 1. The molecule has 0 heterocycles. The average Bonchev–Trinajstić information content (AvgIpc) is 2.49. The van der Waals surface area contributed by atoms with E-state index in [9.17, 15) is 14.7 Å². The van der Waals surface area contributed by atoms with Crippen LogP contribution in [0.4, 0.5) is 5.69 Å². The summed E-state index contributed by atoms with van der Waals surface area (Å²) < 4.78 is 5.37. The first-order valence-electron chi connectivity index (χ1n) is 6.60. The highest BCUT2D eigenvalue weighted by Gasteiger charge is 2.16. The molecule has 114 valence electrons. The van der Waals surface area contributed by atoms with Crippen LogP contribution in [0.5, 0.6) is 11.5 Å². The maximum atomic E-state index is 12.3. The van der Waals surface area contributed by atoms with Crippen LogP contribution in [-0.4, -0.2) is 23.6 Å². The molecule has 2 aromatic carbocycles. The van der Waals surface area contributed by atoms with Crippen LogP contribution in [-0.2, 0) is 0 Å². The molecule has 2 N–H and O–H groups in total. The highest BCUT2D eigenvalue weighted by Crippen LogP contribution is 2.23. The summed E-state index contributed by atoms with van der Waals surface area (Å²) in [6.07, 6.45) is 0. The van der Waals surface area contributed by atoms with Gasteiger partial charge in [0.25, 0.3) is 5.91 Å². The van der Waals surface area contributed by atoms with Crippen LogP contribution in [0, 0.1) is 0 Å². The van der Waals surface area contributed by atoms with Gasteiger partial charge in [-0.3, -0.25) is 4.79 Å². The first-order valence-corrected chi connectivity index (χ1v) is 6.60. The molecule has 6 nitrogen and oxygen atoms in total. The summed E-state index contributed by atoms with van der Waals surface area (Å²) in [5.74, 6) is -1.83. The van der Waals surface area contributed by atoms with Gasteiger partial charge in [0, 0.05) is 0 Å². The number of benzene rings is 2. The number of carbonyl (C=O) groups is 2. The minimum atomic E-state index is -1.29. The van der Waals surface area contributed by atoms with Gasteiger partial charge in [-0.05, 0) is 25.1 Å². The SMILES string of the molecule is CCOc1ccccc1C(=O)Nc1ccc([O-])cc1C(=O)O. The number of hydrogen-bond donors (Lipinski definition) is 2. The van der Waals surface area contributed by atoms with Crippen LogP contribution >= 0.6 is 0 Å². The summed E-state index contributed by atoms with van der Waals surface area (Å²) in [5.41, 5.74) is 0.0880. The highest BCUT2D eigenvalue weighted by molar-refractivity contribution is 6.09. The minimum absolute atomic E-state index is 0.0587. The van der Waals surface area contributed by atoms with Crippen LogP contribution in [0.1, 0.15) is 27.6 Å². The maximum Gasteiger partial charge on any atom is 0.337 e. The van der Waals surface area contributed by atoms with Gasteiger partial charge in [0.2, 0.25) is 0 Å². The van der Waals surface area contributed by atoms with Crippen molar-refractivity contribution < 1.29 is 24.5 Å². The summed E-state index contributed by atoms with van der Waals surface area (Å²) in [6.45, 7) is 2.19. The summed E-state index contributed by atoms with van der Waals surface area (Å²) in [4.78, 5) is 23.5. The van der Waals surface area contributed by atoms with Crippen LogP contribution in [0.2, 0.25) is 0 Å². The molecule has 2 rings (SSSR count). The maximum absolute atomic E-state index is 12.3. The number of anilines is 1. The van der Waals surface area contributed by atoms with E-state index in [1.54, 1.807) is 31.2 Å². The molecule has 0 bridgehead atoms. The molecule has 22 heavy (non-hydrogen) atoms. The molecular weight excluding hydrogens is 286 g/mol. The molecule has 0 aliphatic carbocycles. The predicted molar refractivity (Wildman–Crippen MR) is 78.4 cm³/mol. The van der Waals surface area contributed by atoms with Crippen molar-refractivity contribution in [1.29, 1.82) is 0 Å². The molecule has 0 saturated heterocycles. The lowest BCUT2D eigenvalue weighted by atomic mass is 10.1. The predicted octanol–water partition coefficient (Wildman–Crippen LogP) is 2.11. The normalized spacial score (nSPS) is 10.0. The third-order valence-corrected chi connectivity index (χ3v) is 2.90. The molecule has 1 amide bonds. The van der Waals surface area contributed by atoms with E-state index in [0.717, 1.165) is 6.07 Å². The smallest absolute Gasteiger partial charge is 0.337 e. The van der Waals surface area contributed by atoms with E-state index in [2.05, 4.69) is 5.32 Å². The molecule has 0 fully saturated rings. The third kappa shape index (κ3) is 3.35. The monoisotopic (exact) mass is 300 g/mol. The van der Waals surface area contributed by atoms with E-state index < -0.39 is 17.6 Å². The van der Waals surface area contributed by atoms with Gasteiger partial charge in [0.05, 0.1) is 23.4 Å². The van der Waals surface area contributed by atoms with Crippen molar-refractivity contribution in [2.75, 3.05) is 11.9 Å². The number of nitrogens with one attached hydrogen (secondary N) is 1. The lowest BCUT2D eigenvalue weighted by Gasteiger charge is -2.14. The molecule has 0 atom stereocenters. The molecule has 0 radical (unpaired) electrons. The second-order valence-corrected chi connectivity index (χ2v) is 4.40. The summed E-state index contributed by atoms with van der Waals surface area (Å²) in [7, 11) is 0. The standard InChI is InChI=1S/C16H15NO5/c1-2-22-14-6-4-3-5-11(14)15(19)17-13-8-7-10(18)9-12(13)16(20)21/h3-9,18H,2H2,1H3,(H,17,19)(H,20,21)/p-1. The van der Waals surface area contributed by atoms with Crippen LogP contribution < -0.4 is 15.2 Å². The number of carboxylic acid groups (broad SMARTS) is 1. The second kappa shape index (κ2) is 6.62. The van der Waals surface area contributed by atoms with Gasteiger partial charge in [-0.25, -0.2) is 4.79 Å². The van der Waals surface area contributed by atoms with Crippen molar-refractivity contribution in [3.05, 3.63) is 53.6 Å². The Bertz CT molecular complexity index is 711. The van der Waals surface area contributed by atoms with Crippen molar-refractivity contribution in [1.82, 2.24) is 0 Å². The summed E-state index contributed by atoms with van der Waals surface area (Å²) in [5, 5.41) is 22.8. The fourth-order valence-corrected chi connectivity index (χ4v) is 1.93. The second-order valence-electron chi connectivity index (χ2n) is 4.40. The Labute approximate surface area is 127 Å². The highest BCUT2D eigenvalue weighted by atomic mass is 16.5. The molecular formula is C16H14NO5-. The van der Waals surface area contributed by atoms with Crippen molar-refractivity contribution in [2.45, 2.75) is 6.92 Å². The van der Waals surface area contributed by atoms with Gasteiger partial charge in [0.15, 0.2) is 0 Å². The lowest BCUT2D eigenvalue weighted by Crippen LogP contribution is -2.16. The fraction of sp³-hybridized carbons (Fsp3) is 0.125. The third-order valence-electron chi connectivity index (χ3n) is 2.90. The quantitative estimate of drug-likeness (QED) is 0.881. The van der Waals surface area contributed by atoms with E-state index in [0.29, 0.717) is 12.4 Å². The van der Waals surface area contributed by atoms with E-state index in [4.69, 9.17) is 9.84 Å². The van der Waals surface area contributed by atoms with E-state index in [1.807, 2.05) is 0 Å². The minimum Gasteiger partial charge on any atom is -0.872 e. The first kappa shape index (κ1) is 15.4. The zero-order valence-electron chi connectivity index (χ0n) is 11.8. The Kier molecular flexibility index (Phi) is 4.63. The largest absolute Gasteiger partial charge is 0.872 e. The molecule has 2 aromatic rings. The molecule has 0 aliphatic heterocycles. The number of hydrogen-bond acceptors (Lipinski definition) is 4. The topological polar surface area (TPSA) is 98.7 Å². The van der Waals surface area contributed by atoms with Crippen LogP contribution in [0.15, 0.2) is 42.5 Å². The number of para-hydroxylation sites is 1. The van der Waals surface area contributed by atoms with E-state index in [1.165, 1.54) is 12.1 Å². The molecule has 0 aromatic heterocycles. The van der Waals surface area contributed by atoms with Crippen LogP contribution in [0.3, 0.4) is 0 Å². The number of carboxylic acids is 1. The van der Waals surface area contributed by atoms with Crippen molar-refractivity contribution in [2.24, 2.45) is 0 Å². The number of carbonyl (C=O) groups excluding carboxylic acids is 1. The van der Waals surface area contributed by atoms with Crippen LogP contribution in [0.25, 0.3) is 0 Å². The number of rotatable bonds is 5. The zero-order chi connectivity index (χ0) is 16.1. The molecule has 6 heteroatoms. The van der Waals surface area contributed by atoms with Gasteiger partial charge >= 0.3 is 5.97 Å². The molecule has 0 spiro atoms. The van der Waals surface area contributed by atoms with Gasteiger partial charge in [-0.1, -0.05) is 24.3 Å². The van der Waals surface area contributed by atoms with Gasteiger partial charge < -0.3 is 20.3 Å². The van der Waals surface area contributed by atoms with Gasteiger partial charge in [0.1, 0.15) is 5.75 Å². The van der Waals surface area contributed by atoms with E-state index >= 15 is 0 Å². The summed E-state index contributed by atoms with van der Waals surface area (Å²) in [6, 6.07) is 10.1. The van der Waals surface area contributed by atoms with Crippen molar-refractivity contribution >= 4 is 17.6 Å². The van der Waals surface area contributed by atoms with Crippen molar-refractivity contribution in [3.63, 3.8) is 0 Å². The Hall–Kier alpha value is -3.02. The van der Waals surface area contributed by atoms with E-state index in [-0.39, 0.29) is 16.8 Å². The Balaban J connectivity index is 2.32. The van der Waals surface area contributed by atoms with Gasteiger partial charge in [-0.15, -0.1) is 5.75 Å². The van der Waals surface area contributed by atoms with Crippen molar-refractivity contribution in [3.8, 4) is 11.5 Å². The Morgan fingerprint density at radius 2 is 1.91 bits per heavy atom. The lowest BCUT2D eigenvalue weighted by molar-refractivity contribution is -0.268. The zero-order valence-corrected chi connectivity index (χ0v) is 11.8. The summed E-state index contributed by atoms with van der Waals surface area (Å²) >= 11 is 0. The Morgan fingerprint density at radius 3 is 2.59 bits per heavy atom. The number of amides is 1. The number of aromatic carboxylic acids is 1. The molecule has 0 saturated carbocycles.